The van der Waals surface area contributed by atoms with Crippen molar-refractivity contribution in [2.24, 2.45) is 0 Å². The highest BCUT2D eigenvalue weighted by molar-refractivity contribution is 14.1. The summed E-state index contributed by atoms with van der Waals surface area (Å²) in [5.41, 5.74) is 8.62. The highest BCUT2D eigenvalue weighted by atomic mass is 127. The van der Waals surface area contributed by atoms with Gasteiger partial charge in [-0.05, 0) is 205 Å². The van der Waals surface area contributed by atoms with Crippen LogP contribution in [0.4, 0.5) is 13.2 Å². The molecule has 0 aliphatic carbocycles. The molecule has 18 heteroatoms. The average molecular weight is 1470 g/mol. The van der Waals surface area contributed by atoms with Crippen LogP contribution < -0.4 is 25.4 Å². The zero-order valence-corrected chi connectivity index (χ0v) is 59.9. The van der Waals surface area contributed by atoms with E-state index in [2.05, 4.69) is 112 Å². The summed E-state index contributed by atoms with van der Waals surface area (Å²) in [5, 5.41) is 3.69. The molecular formula is C81H83F3IN7O6P+. The lowest BCUT2D eigenvalue weighted by atomic mass is 9.97. The van der Waals surface area contributed by atoms with Gasteiger partial charge in [-0.2, -0.15) is 0 Å². The van der Waals surface area contributed by atoms with Gasteiger partial charge in [0.15, 0.2) is 5.66 Å². The molecule has 0 radical (unpaired) electrons. The van der Waals surface area contributed by atoms with Gasteiger partial charge in [0.05, 0.1) is 71.7 Å². The first-order chi connectivity index (χ1) is 47.9. The van der Waals surface area contributed by atoms with E-state index in [9.17, 15) is 32.3 Å². The summed E-state index contributed by atoms with van der Waals surface area (Å²) in [6.45, 7) is 12.1. The third-order valence-electron chi connectivity index (χ3n) is 18.5. The van der Waals surface area contributed by atoms with Gasteiger partial charge >= 0.3 is 0 Å². The Kier molecular flexibility index (Phi) is 24.7. The number of aromatic nitrogens is 4. The molecule has 3 aliphatic rings. The number of alkyl halides is 1. The Morgan fingerprint density at radius 3 is 1.31 bits per heavy atom. The minimum Gasteiger partial charge on any atom is -0.495 e. The minimum atomic E-state index is -2.31. The maximum atomic E-state index is 14.5. The predicted molar refractivity (Wildman–Crippen MR) is 397 cm³/mol. The fourth-order valence-electron chi connectivity index (χ4n) is 13.2. The summed E-state index contributed by atoms with van der Waals surface area (Å²) < 4.78 is 54.4. The molecule has 3 saturated heterocycles. The van der Waals surface area contributed by atoms with Crippen molar-refractivity contribution < 1.29 is 41.8 Å². The van der Waals surface area contributed by atoms with Crippen LogP contribution in [-0.2, 0) is 14.4 Å². The van der Waals surface area contributed by atoms with E-state index in [1.807, 2.05) is 112 Å². The number of benzene rings is 8. The second-order valence-electron chi connectivity index (χ2n) is 24.8. The molecule has 13 nitrogen and oxygen atoms in total. The molecule has 2 unspecified atom stereocenters. The van der Waals surface area contributed by atoms with Crippen molar-refractivity contribution in [1.82, 2.24) is 33.8 Å². The van der Waals surface area contributed by atoms with Crippen molar-refractivity contribution >= 4 is 75.9 Å². The molecule has 13 rings (SSSR count). The number of ether oxygens (including phenoxy) is 2. The van der Waals surface area contributed by atoms with E-state index in [4.69, 9.17) is 9.47 Å². The molecule has 5 atom stereocenters. The topological polar surface area (TPSA) is 132 Å². The maximum absolute atomic E-state index is 14.5. The zero-order chi connectivity index (χ0) is 70.2. The summed E-state index contributed by atoms with van der Waals surface area (Å²) in [4.78, 5) is 64.6. The molecule has 3 fully saturated rings. The number of hydrogen-bond donors (Lipinski definition) is 0. The van der Waals surface area contributed by atoms with E-state index >= 15 is 0 Å². The first-order valence-corrected chi connectivity index (χ1v) is 36.4. The van der Waals surface area contributed by atoms with Crippen molar-refractivity contribution in [2.45, 2.75) is 101 Å². The van der Waals surface area contributed by atoms with Gasteiger partial charge in [-0.15, -0.1) is 0 Å². The smallest absolute Gasteiger partial charge is 0.265 e. The minimum absolute atomic E-state index is 0.0244. The molecule has 0 N–H and O–H groups in total. The summed E-state index contributed by atoms with van der Waals surface area (Å²) in [7, 11) is 0.904. The second kappa shape index (κ2) is 33.9. The highest BCUT2D eigenvalue weighted by Gasteiger charge is 2.57. The maximum Gasteiger partial charge on any atom is 0.265 e. The molecule has 0 bridgehead atoms. The van der Waals surface area contributed by atoms with E-state index in [-0.39, 0.29) is 62.9 Å². The Hall–Kier alpha value is -9.45. The first-order valence-electron chi connectivity index (χ1n) is 33.3. The van der Waals surface area contributed by atoms with Crippen molar-refractivity contribution in [2.75, 3.05) is 33.9 Å². The van der Waals surface area contributed by atoms with Crippen LogP contribution in [0.15, 0.2) is 231 Å². The monoisotopic (exact) mass is 1460 g/mol. The van der Waals surface area contributed by atoms with Crippen LogP contribution in [-0.4, -0.2) is 101 Å². The molecule has 510 valence electrons. The van der Waals surface area contributed by atoms with Crippen molar-refractivity contribution in [3.8, 4) is 22.9 Å². The largest absolute Gasteiger partial charge is 0.495 e. The third-order valence-corrected chi connectivity index (χ3v) is 24.4. The summed E-state index contributed by atoms with van der Waals surface area (Å²) in [5.74, 6) is 1.02. The predicted octanol–water partition coefficient (Wildman–Crippen LogP) is 16.3. The van der Waals surface area contributed by atoms with E-state index in [1.165, 1.54) is 52.3 Å². The number of carbonyl (C=O) groups is 4. The molecular weight excluding hydrogens is 1380 g/mol. The first kappa shape index (κ1) is 72.3. The van der Waals surface area contributed by atoms with Crippen LogP contribution in [0.5, 0.6) is 11.5 Å². The standard InChI is InChI=1S/C31H30FNOP.C25H26FN3O2.C13H15FINO.C12H12N2O2/c1-24(25-19-21-26(32)22-20-25)33-23-11-18-30(31(33)34)35(27-12-5-2-6-13-27,28-14-7-3-8-15-28)29-16-9-4-10-17-29;1-17-15-28(16-27-17)23-11-6-19(14-24(23)31-3)13-21-5-4-12-29(25(21)30)18(2)20-7-9-22(26)10-8-20;1-9(10-4-6-11(14)7-5-10)16-8-2-3-12(15)13(16)17;1-9-6-14(8-13-9)11-4-3-10(7-15)5-12(11)16-2/h2-10,12-17,19-22,24,30H,11,18,23H2,1H3;6-11,13-16,18H,4-5,12H2,1-3H3;4-7,9,12H,2-3,8H2,1H3;3-8H,1-2H3/q+1;;;/b;21-13+;;/t24-,30?;18-;9-,12?;/m000./s1. The Bertz CT molecular complexity index is 4270. The summed E-state index contributed by atoms with van der Waals surface area (Å²) >= 11 is 2.20. The normalized spacial score (nSPS) is 16.8. The highest BCUT2D eigenvalue weighted by Crippen LogP contribution is 2.62. The fraction of sp³-hybridized carbons (Fsp3) is 0.259. The van der Waals surface area contributed by atoms with Crippen LogP contribution in [0, 0.1) is 31.3 Å². The number of methoxy groups -OCH3 is 2. The quantitative estimate of drug-likeness (QED) is 0.0307. The molecule has 3 amide bonds. The van der Waals surface area contributed by atoms with E-state index in [0.717, 1.165) is 102 Å². The van der Waals surface area contributed by atoms with Gasteiger partial charge in [-0.1, -0.05) is 120 Å². The summed E-state index contributed by atoms with van der Waals surface area (Å²) in [6.07, 6.45) is 15.5. The number of piperidine rings is 3. The van der Waals surface area contributed by atoms with Crippen LogP contribution >= 0.6 is 29.9 Å². The molecule has 8 aromatic carbocycles. The number of amides is 3. The molecule has 2 aromatic heterocycles. The number of imidazole rings is 2. The Balaban J connectivity index is 0.000000151. The molecule has 99 heavy (non-hydrogen) atoms. The lowest BCUT2D eigenvalue weighted by Gasteiger charge is -2.41. The lowest BCUT2D eigenvalue weighted by molar-refractivity contribution is -0.135. The number of likely N-dealkylation sites (tertiary alicyclic amines) is 3. The van der Waals surface area contributed by atoms with Gasteiger partial charge in [0.2, 0.25) is 11.8 Å². The van der Waals surface area contributed by atoms with Crippen LogP contribution in [0.2, 0.25) is 0 Å². The number of carbonyl (C=O) groups excluding carboxylic acids is 4. The zero-order valence-electron chi connectivity index (χ0n) is 56.8. The lowest BCUT2D eigenvalue weighted by Crippen LogP contribution is -2.51. The van der Waals surface area contributed by atoms with Gasteiger partial charge in [0, 0.05) is 43.2 Å². The van der Waals surface area contributed by atoms with Gasteiger partial charge < -0.3 is 33.3 Å². The average Bonchev–Trinajstić information content (AvgIpc) is 1.34. The number of halogens is 4. The summed E-state index contributed by atoms with van der Waals surface area (Å²) in [6, 6.07) is 62.1. The number of nitrogens with zero attached hydrogens (tertiary/aromatic N) is 7. The van der Waals surface area contributed by atoms with Crippen LogP contribution in [0.3, 0.4) is 0 Å². The molecule has 5 heterocycles. The third kappa shape index (κ3) is 17.2. The van der Waals surface area contributed by atoms with E-state index < -0.39 is 7.26 Å². The van der Waals surface area contributed by atoms with Crippen LogP contribution in [0.25, 0.3) is 17.5 Å². The SMILES string of the molecule is COc1cc(/C=C2\CCCN([C@@H](C)c3ccc(F)cc3)C2=O)ccc1-n1cnc(C)c1.COc1cc(C=O)ccc1-n1cnc(C)c1.C[C@@H](c1ccc(F)cc1)N1CCCC(I)C1=O.C[C@@H](c1ccc(F)cc1)N1CCCC([P+](c2ccccc2)(c2ccccc2)c2ccccc2)C1=O. The number of rotatable bonds is 16. The molecule has 0 spiro atoms. The van der Waals surface area contributed by atoms with Gasteiger partial charge in [-0.25, -0.2) is 23.1 Å². The fourth-order valence-corrected chi connectivity index (χ4v) is 19.0. The van der Waals surface area contributed by atoms with Gasteiger partial charge in [-0.3, -0.25) is 19.2 Å². The number of aryl methyl sites for hydroxylation is 2. The van der Waals surface area contributed by atoms with Crippen molar-refractivity contribution in [3.05, 3.63) is 287 Å². The number of hydrogen-bond acceptors (Lipinski definition) is 8. The molecule has 0 saturated carbocycles. The van der Waals surface area contributed by atoms with E-state index in [1.54, 1.807) is 75.4 Å². The Morgan fingerprint density at radius 1 is 0.505 bits per heavy atom. The second-order valence-corrected chi connectivity index (χ2v) is 30.0. The van der Waals surface area contributed by atoms with Crippen molar-refractivity contribution in [1.29, 1.82) is 0 Å². The Morgan fingerprint density at radius 2 is 0.899 bits per heavy atom. The van der Waals surface area contributed by atoms with E-state index in [0.29, 0.717) is 30.2 Å². The molecule has 3 aliphatic heterocycles. The van der Waals surface area contributed by atoms with Crippen LogP contribution in [0.1, 0.15) is 121 Å². The Labute approximate surface area is 592 Å². The van der Waals surface area contributed by atoms with Gasteiger partial charge in [0.25, 0.3) is 5.91 Å². The van der Waals surface area contributed by atoms with Crippen molar-refractivity contribution in [3.63, 3.8) is 0 Å². The number of aldehydes is 1. The van der Waals surface area contributed by atoms with Gasteiger partial charge in [0.1, 0.15) is 58.4 Å². The molecule has 10 aromatic rings.